The zero-order chi connectivity index (χ0) is 10.7. The van der Waals surface area contributed by atoms with Gasteiger partial charge in [-0.15, -0.1) is 9.79 Å². The van der Waals surface area contributed by atoms with E-state index in [4.69, 9.17) is 14.4 Å². The van der Waals surface area contributed by atoms with Crippen molar-refractivity contribution in [2.75, 3.05) is 5.32 Å². The SMILES string of the molecule is O=C1Nc2cc[nH]c2C1=O.O=[P+](O)O. The average Bonchev–Trinajstić information content (AvgIpc) is 2.57. The molecule has 4 N–H and O–H groups in total. The van der Waals surface area contributed by atoms with Crippen LogP contribution in [-0.4, -0.2) is 26.5 Å². The van der Waals surface area contributed by atoms with Gasteiger partial charge in [-0.1, -0.05) is 0 Å². The van der Waals surface area contributed by atoms with Crippen LogP contribution in [0.2, 0.25) is 0 Å². The lowest BCUT2D eigenvalue weighted by atomic mass is 10.3. The Hall–Kier alpha value is -1.56. The number of carbonyl (C=O) groups is 2. The van der Waals surface area contributed by atoms with E-state index in [-0.39, 0.29) is 0 Å². The number of hydrogen-bond acceptors (Lipinski definition) is 3. The third-order valence-electron chi connectivity index (χ3n) is 1.43. The Labute approximate surface area is 78.7 Å². The van der Waals surface area contributed by atoms with Gasteiger partial charge < -0.3 is 10.3 Å². The molecule has 8 heteroatoms. The molecule has 1 aliphatic rings. The number of carbonyl (C=O) groups excluding carboxylic acids is 2. The lowest BCUT2D eigenvalue weighted by Crippen LogP contribution is -2.13. The standard InChI is InChI=1S/C6H4N2O2.HO3P/c9-5-4-3(1-2-7-4)8-6(5)10;1-4(2)3/h1-2,7H,(H,8,9,10);(H-,1,2,3)/p+1. The molecule has 1 aliphatic heterocycles. The molecule has 0 atom stereocenters. The summed E-state index contributed by atoms with van der Waals surface area (Å²) in [5.74, 6) is -1.04. The number of ketones is 1. The second-order valence-corrected chi connectivity index (χ2v) is 2.81. The van der Waals surface area contributed by atoms with Crippen molar-refractivity contribution in [1.82, 2.24) is 4.98 Å². The number of amides is 1. The van der Waals surface area contributed by atoms with Crippen LogP contribution < -0.4 is 5.32 Å². The second-order valence-electron chi connectivity index (χ2n) is 2.30. The van der Waals surface area contributed by atoms with Crippen molar-refractivity contribution in [2.24, 2.45) is 0 Å². The van der Waals surface area contributed by atoms with Crippen molar-refractivity contribution in [2.45, 2.75) is 0 Å². The van der Waals surface area contributed by atoms with E-state index in [1.165, 1.54) is 0 Å². The zero-order valence-corrected chi connectivity index (χ0v) is 7.62. The monoisotopic (exact) mass is 217 g/mol. The van der Waals surface area contributed by atoms with Crippen molar-refractivity contribution in [3.05, 3.63) is 18.0 Å². The normalized spacial score (nSPS) is 12.7. The average molecular weight is 217 g/mol. The fourth-order valence-electron chi connectivity index (χ4n) is 0.954. The largest absolute Gasteiger partial charge is 0.692 e. The van der Waals surface area contributed by atoms with Gasteiger partial charge in [0.05, 0.1) is 5.69 Å². The summed E-state index contributed by atoms with van der Waals surface area (Å²) in [5, 5.41) is 2.41. The highest BCUT2D eigenvalue weighted by Gasteiger charge is 2.28. The lowest BCUT2D eigenvalue weighted by Gasteiger charge is -1.83. The van der Waals surface area contributed by atoms with Crippen LogP contribution in [0, 0.1) is 0 Å². The van der Waals surface area contributed by atoms with Crippen LogP contribution in [0.3, 0.4) is 0 Å². The summed E-state index contributed by atoms with van der Waals surface area (Å²) in [4.78, 5) is 38.3. The highest BCUT2D eigenvalue weighted by molar-refractivity contribution is 7.30. The summed E-state index contributed by atoms with van der Waals surface area (Å²) in [6.07, 6.45) is 1.61. The molecule has 0 unspecified atom stereocenters. The number of aromatic nitrogens is 1. The Morgan fingerprint density at radius 3 is 2.36 bits per heavy atom. The molecule has 0 saturated heterocycles. The fourth-order valence-corrected chi connectivity index (χ4v) is 0.954. The van der Waals surface area contributed by atoms with Gasteiger partial charge in [-0.05, 0) is 6.07 Å². The summed E-state index contributed by atoms with van der Waals surface area (Å²) in [6, 6.07) is 1.65. The summed E-state index contributed by atoms with van der Waals surface area (Å²) in [7, 11) is -2.87. The van der Waals surface area contributed by atoms with Crippen LogP contribution >= 0.6 is 8.25 Å². The van der Waals surface area contributed by atoms with E-state index in [1.807, 2.05) is 0 Å². The molecule has 2 heterocycles. The smallest absolute Gasteiger partial charge is 0.357 e. The molecule has 14 heavy (non-hydrogen) atoms. The summed E-state index contributed by atoms with van der Waals surface area (Å²) in [5.41, 5.74) is 0.944. The minimum Gasteiger partial charge on any atom is -0.357 e. The number of nitrogens with one attached hydrogen (secondary N) is 2. The molecular formula is C6H6N2O5P+. The molecule has 0 saturated carbocycles. The van der Waals surface area contributed by atoms with Gasteiger partial charge in [-0.3, -0.25) is 9.59 Å². The Morgan fingerprint density at radius 2 is 1.86 bits per heavy atom. The minimum absolute atomic E-state index is 0.366. The van der Waals surface area contributed by atoms with E-state index >= 15 is 0 Å². The molecule has 0 aromatic carbocycles. The van der Waals surface area contributed by atoms with Crippen molar-refractivity contribution in [1.29, 1.82) is 0 Å². The summed E-state index contributed by atoms with van der Waals surface area (Å²) < 4.78 is 8.70. The van der Waals surface area contributed by atoms with Crippen molar-refractivity contribution in [3.8, 4) is 0 Å². The first kappa shape index (κ1) is 10.5. The predicted octanol–water partition coefficient (Wildman–Crippen LogP) is -0.222. The molecule has 0 spiro atoms. The van der Waals surface area contributed by atoms with Gasteiger partial charge in [-0.2, -0.15) is 0 Å². The number of Topliss-reactive ketones (excluding diaryl/α,β-unsaturated/α-hetero) is 1. The van der Waals surface area contributed by atoms with E-state index in [2.05, 4.69) is 10.3 Å². The maximum absolute atomic E-state index is 10.8. The summed E-state index contributed by atoms with van der Waals surface area (Å²) in [6.45, 7) is 0. The van der Waals surface area contributed by atoms with Gasteiger partial charge >= 0.3 is 8.25 Å². The molecule has 0 aliphatic carbocycles. The molecule has 2 rings (SSSR count). The molecule has 0 fully saturated rings. The van der Waals surface area contributed by atoms with E-state index in [9.17, 15) is 9.59 Å². The van der Waals surface area contributed by atoms with Crippen molar-refractivity contribution < 1.29 is 23.9 Å². The quantitative estimate of drug-likeness (QED) is 0.353. The Morgan fingerprint density at radius 1 is 1.29 bits per heavy atom. The van der Waals surface area contributed by atoms with Gasteiger partial charge in [0, 0.05) is 10.8 Å². The van der Waals surface area contributed by atoms with E-state index in [0.29, 0.717) is 11.4 Å². The molecule has 1 aromatic rings. The molecule has 0 radical (unpaired) electrons. The highest BCUT2D eigenvalue weighted by atomic mass is 31.1. The van der Waals surface area contributed by atoms with Gasteiger partial charge in [0.2, 0.25) is 0 Å². The number of H-pyrrole nitrogens is 1. The number of rotatable bonds is 0. The number of fused-ring (bicyclic) bond motifs is 1. The van der Waals surface area contributed by atoms with Crippen LogP contribution in [0.4, 0.5) is 5.69 Å². The lowest BCUT2D eigenvalue weighted by molar-refractivity contribution is -0.112. The maximum Gasteiger partial charge on any atom is 0.692 e. The van der Waals surface area contributed by atoms with Crippen LogP contribution in [0.5, 0.6) is 0 Å². The van der Waals surface area contributed by atoms with E-state index < -0.39 is 19.9 Å². The van der Waals surface area contributed by atoms with E-state index in [0.717, 1.165) is 0 Å². The molecule has 1 amide bonds. The number of hydrogen-bond donors (Lipinski definition) is 4. The Balaban J connectivity index is 0.000000213. The first-order valence-corrected chi connectivity index (χ1v) is 4.57. The third kappa shape index (κ3) is 2.23. The van der Waals surface area contributed by atoms with Gasteiger partial charge in [0.15, 0.2) is 0 Å². The molecule has 1 aromatic heterocycles. The molecular weight excluding hydrogens is 211 g/mol. The van der Waals surface area contributed by atoms with Crippen LogP contribution in [0.15, 0.2) is 12.3 Å². The Bertz CT molecular complexity index is 395. The predicted molar refractivity (Wildman–Crippen MR) is 45.8 cm³/mol. The first-order chi connectivity index (χ1) is 6.52. The Kier molecular flexibility index (Phi) is 3.08. The molecule has 0 bridgehead atoms. The van der Waals surface area contributed by atoms with Crippen LogP contribution in [0.1, 0.15) is 10.5 Å². The topological polar surface area (TPSA) is 119 Å². The number of aromatic amines is 1. The van der Waals surface area contributed by atoms with E-state index in [1.54, 1.807) is 12.3 Å². The van der Waals surface area contributed by atoms with Gasteiger partial charge in [0.1, 0.15) is 5.69 Å². The summed E-state index contributed by atoms with van der Waals surface area (Å²) >= 11 is 0. The molecule has 7 nitrogen and oxygen atoms in total. The zero-order valence-electron chi connectivity index (χ0n) is 6.72. The first-order valence-electron chi connectivity index (χ1n) is 3.40. The molecule has 74 valence electrons. The second kappa shape index (κ2) is 4.10. The minimum atomic E-state index is -2.87. The maximum atomic E-state index is 10.8. The fraction of sp³-hybridized carbons (Fsp3) is 0. The third-order valence-corrected chi connectivity index (χ3v) is 1.43. The van der Waals surface area contributed by atoms with Crippen molar-refractivity contribution in [3.63, 3.8) is 0 Å². The van der Waals surface area contributed by atoms with Crippen LogP contribution in [-0.2, 0) is 9.36 Å². The van der Waals surface area contributed by atoms with Crippen LogP contribution in [0.25, 0.3) is 0 Å². The van der Waals surface area contributed by atoms with Crippen molar-refractivity contribution >= 4 is 25.6 Å². The highest BCUT2D eigenvalue weighted by Crippen LogP contribution is 2.19. The number of anilines is 1. The van der Waals surface area contributed by atoms with Gasteiger partial charge in [-0.25, -0.2) is 0 Å². The van der Waals surface area contributed by atoms with Gasteiger partial charge in [0.25, 0.3) is 11.7 Å².